The van der Waals surface area contributed by atoms with E-state index in [2.05, 4.69) is 27.8 Å². The molecular weight excluding hydrogens is 392 g/mol. The normalized spacial score (nSPS) is 19.2. The summed E-state index contributed by atoms with van der Waals surface area (Å²) in [6.07, 6.45) is 3.89. The number of benzene rings is 1. The van der Waals surface area contributed by atoms with Gasteiger partial charge in [-0.2, -0.15) is 0 Å². The number of halogens is 1. The van der Waals surface area contributed by atoms with Crippen LogP contribution in [-0.4, -0.2) is 25.4 Å². The summed E-state index contributed by atoms with van der Waals surface area (Å²) in [5, 5.41) is 2.68. The van der Waals surface area contributed by atoms with E-state index in [0.717, 1.165) is 21.3 Å². The zero-order chi connectivity index (χ0) is 19.7. The average molecular weight is 419 g/mol. The van der Waals surface area contributed by atoms with Crippen LogP contribution in [0.3, 0.4) is 0 Å². The summed E-state index contributed by atoms with van der Waals surface area (Å²) in [5.74, 6) is -0.220. The van der Waals surface area contributed by atoms with E-state index in [9.17, 15) is 9.59 Å². The van der Waals surface area contributed by atoms with Crippen molar-refractivity contribution in [3.8, 4) is 0 Å². The Morgan fingerprint density at radius 3 is 2.58 bits per heavy atom. The molecule has 0 aromatic heterocycles. The highest BCUT2D eigenvalue weighted by atomic mass is 79.9. The molecule has 0 radical (unpaired) electrons. The van der Waals surface area contributed by atoms with E-state index in [4.69, 9.17) is 0 Å². The molecule has 0 unspecified atom stereocenters. The molecule has 2 rings (SSSR count). The topological polar surface area (TPSA) is 49.4 Å². The van der Waals surface area contributed by atoms with E-state index in [1.165, 1.54) is 0 Å². The highest BCUT2D eigenvalue weighted by Crippen LogP contribution is 2.54. The summed E-state index contributed by atoms with van der Waals surface area (Å²) < 4.78 is 0.901. The Kier molecular flexibility index (Phi) is 5.81. The Morgan fingerprint density at radius 2 is 2.04 bits per heavy atom. The molecule has 0 fully saturated rings. The number of fused-ring (bicyclic) bond motifs is 1. The second-order valence-electron chi connectivity index (χ2n) is 7.54. The van der Waals surface area contributed by atoms with E-state index >= 15 is 0 Å². The molecule has 0 saturated heterocycles. The number of anilines is 1. The van der Waals surface area contributed by atoms with Crippen LogP contribution in [0.25, 0.3) is 0 Å². The second kappa shape index (κ2) is 7.39. The first kappa shape index (κ1) is 20.4. The van der Waals surface area contributed by atoms with Gasteiger partial charge in [0, 0.05) is 35.6 Å². The molecule has 1 aliphatic heterocycles. The van der Waals surface area contributed by atoms with Crippen molar-refractivity contribution >= 4 is 33.4 Å². The summed E-state index contributed by atoms with van der Waals surface area (Å²) in [6.45, 7) is 12.4. The number of hydrogen-bond donors (Lipinski definition) is 1. The summed E-state index contributed by atoms with van der Waals surface area (Å²) in [5.41, 5.74) is 1.28. The highest BCUT2D eigenvalue weighted by Gasteiger charge is 2.58. The molecule has 1 N–H and O–H groups in total. The lowest BCUT2D eigenvalue weighted by Gasteiger charge is -2.41. The van der Waals surface area contributed by atoms with Crippen molar-refractivity contribution in [2.75, 3.05) is 18.5 Å². The molecule has 5 heteroatoms. The third-order valence-corrected chi connectivity index (χ3v) is 5.81. The van der Waals surface area contributed by atoms with Gasteiger partial charge < -0.3 is 10.2 Å². The molecule has 1 atom stereocenters. The van der Waals surface area contributed by atoms with Crippen LogP contribution in [-0.2, 0) is 15.0 Å². The van der Waals surface area contributed by atoms with Crippen LogP contribution in [0.5, 0.6) is 0 Å². The highest BCUT2D eigenvalue weighted by molar-refractivity contribution is 9.10. The maximum Gasteiger partial charge on any atom is 0.239 e. The predicted molar refractivity (Wildman–Crippen MR) is 110 cm³/mol. The summed E-state index contributed by atoms with van der Waals surface area (Å²) in [4.78, 5) is 27.9. The van der Waals surface area contributed by atoms with Crippen LogP contribution in [0, 0.1) is 5.41 Å². The lowest BCUT2D eigenvalue weighted by molar-refractivity contribution is -0.132. The maximum absolute atomic E-state index is 13.7. The molecule has 1 heterocycles. The third-order valence-electron chi connectivity index (χ3n) is 5.32. The Morgan fingerprint density at radius 1 is 1.38 bits per heavy atom. The first-order valence-electron chi connectivity index (χ1n) is 8.70. The van der Waals surface area contributed by atoms with Crippen molar-refractivity contribution in [3.63, 3.8) is 0 Å². The molecule has 140 valence electrons. The number of rotatable bonds is 6. The van der Waals surface area contributed by atoms with Gasteiger partial charge in [0.15, 0.2) is 0 Å². The number of nitrogens with one attached hydrogen (secondary N) is 1. The third kappa shape index (κ3) is 3.25. The van der Waals surface area contributed by atoms with Gasteiger partial charge in [0.25, 0.3) is 0 Å². The lowest BCUT2D eigenvalue weighted by Crippen LogP contribution is -2.51. The van der Waals surface area contributed by atoms with Crippen LogP contribution in [0.4, 0.5) is 5.69 Å². The van der Waals surface area contributed by atoms with Gasteiger partial charge in [-0.15, -0.1) is 6.58 Å². The number of carbonyl (C=O) groups is 2. The number of carbonyl (C=O) groups excluding carboxylic acids is 2. The van der Waals surface area contributed by atoms with Gasteiger partial charge in [0.2, 0.25) is 11.8 Å². The van der Waals surface area contributed by atoms with Gasteiger partial charge in [-0.1, -0.05) is 53.6 Å². The molecule has 0 bridgehead atoms. The van der Waals surface area contributed by atoms with Crippen LogP contribution in [0.1, 0.15) is 39.7 Å². The molecule has 1 aliphatic rings. The van der Waals surface area contributed by atoms with Crippen LogP contribution >= 0.6 is 15.9 Å². The van der Waals surface area contributed by atoms with E-state index in [1.54, 1.807) is 18.0 Å². The van der Waals surface area contributed by atoms with Gasteiger partial charge in [-0.25, -0.2) is 0 Å². The van der Waals surface area contributed by atoms with Crippen molar-refractivity contribution in [2.24, 2.45) is 5.41 Å². The van der Waals surface area contributed by atoms with E-state index in [-0.39, 0.29) is 18.2 Å². The minimum atomic E-state index is -0.986. The number of hydrogen-bond acceptors (Lipinski definition) is 2. The number of nitrogens with zero attached hydrogens (tertiary/aromatic N) is 1. The Bertz CT molecular complexity index is 778. The van der Waals surface area contributed by atoms with E-state index < -0.39 is 10.8 Å². The van der Waals surface area contributed by atoms with Crippen molar-refractivity contribution in [2.45, 2.75) is 39.5 Å². The zero-order valence-electron chi connectivity index (χ0n) is 16.1. The molecular formula is C21H27BrN2O2. The molecule has 0 aliphatic carbocycles. The number of allylic oxidation sites excluding steroid dienone is 2. The fourth-order valence-electron chi connectivity index (χ4n) is 3.52. The standard InChI is InChI=1S/C21H27BrN2O2/c1-7-20(4,5)21(13-18(25)23-6)16-9-8-15(22)12-17(16)24(19(21)26)11-10-14(2)3/h7-10,12H,1,11,13H2,2-6H3,(H,23,25)/t21-/m1/s1. The van der Waals surface area contributed by atoms with Gasteiger partial charge in [0.05, 0.1) is 5.41 Å². The van der Waals surface area contributed by atoms with Crippen molar-refractivity contribution in [3.05, 3.63) is 52.5 Å². The average Bonchev–Trinajstić information content (AvgIpc) is 2.81. The Hall–Kier alpha value is -1.88. The molecule has 26 heavy (non-hydrogen) atoms. The smallest absolute Gasteiger partial charge is 0.239 e. The van der Waals surface area contributed by atoms with Crippen LogP contribution in [0.15, 0.2) is 47.0 Å². The molecule has 1 aromatic rings. The number of amides is 2. The first-order valence-corrected chi connectivity index (χ1v) is 9.49. The Balaban J connectivity index is 2.76. The van der Waals surface area contributed by atoms with E-state index in [1.807, 2.05) is 52.0 Å². The summed E-state index contributed by atoms with van der Waals surface area (Å²) in [6, 6.07) is 5.83. The lowest BCUT2D eigenvalue weighted by atomic mass is 9.60. The predicted octanol–water partition coefficient (Wildman–Crippen LogP) is 4.35. The second-order valence-corrected chi connectivity index (χ2v) is 8.46. The zero-order valence-corrected chi connectivity index (χ0v) is 17.7. The fourth-order valence-corrected chi connectivity index (χ4v) is 3.87. The van der Waals surface area contributed by atoms with Crippen molar-refractivity contribution in [1.29, 1.82) is 0 Å². The first-order chi connectivity index (χ1) is 12.1. The van der Waals surface area contributed by atoms with Crippen LogP contribution in [0.2, 0.25) is 0 Å². The summed E-state index contributed by atoms with van der Waals surface area (Å²) in [7, 11) is 1.60. The molecule has 2 amide bonds. The Labute approximate surface area is 164 Å². The SMILES string of the molecule is C=CC(C)(C)[C@@]1(CC(=O)NC)C(=O)N(CC=C(C)C)c2cc(Br)ccc21. The molecule has 0 saturated carbocycles. The minimum Gasteiger partial charge on any atom is -0.359 e. The fraction of sp³-hybridized carbons (Fsp3) is 0.429. The minimum absolute atomic E-state index is 0.0587. The molecule has 0 spiro atoms. The van der Waals surface area contributed by atoms with Crippen LogP contribution < -0.4 is 10.2 Å². The summed E-state index contributed by atoms with van der Waals surface area (Å²) >= 11 is 3.51. The van der Waals surface area contributed by atoms with Crippen molar-refractivity contribution in [1.82, 2.24) is 5.32 Å². The monoisotopic (exact) mass is 418 g/mol. The van der Waals surface area contributed by atoms with Gasteiger partial charge in [-0.3, -0.25) is 9.59 Å². The maximum atomic E-state index is 13.7. The van der Waals surface area contributed by atoms with E-state index in [0.29, 0.717) is 6.54 Å². The van der Waals surface area contributed by atoms with Gasteiger partial charge in [0.1, 0.15) is 0 Å². The largest absolute Gasteiger partial charge is 0.359 e. The van der Waals surface area contributed by atoms with Crippen molar-refractivity contribution < 1.29 is 9.59 Å². The quantitative estimate of drug-likeness (QED) is 0.698. The molecule has 1 aromatic carbocycles. The van der Waals surface area contributed by atoms with Gasteiger partial charge >= 0.3 is 0 Å². The molecule has 4 nitrogen and oxygen atoms in total. The van der Waals surface area contributed by atoms with Gasteiger partial charge in [-0.05, 0) is 31.5 Å².